The van der Waals surface area contributed by atoms with Crippen LogP contribution in [-0.4, -0.2) is 23.0 Å². The van der Waals surface area contributed by atoms with Crippen molar-refractivity contribution in [2.75, 3.05) is 7.05 Å². The first-order valence-electron chi connectivity index (χ1n) is 12.6. The van der Waals surface area contributed by atoms with Gasteiger partial charge in [-0.15, -0.1) is 0 Å². The largest absolute Gasteiger partial charge is 0.488 e. The molecule has 0 aliphatic carbocycles. The van der Waals surface area contributed by atoms with Crippen molar-refractivity contribution < 1.29 is 19.4 Å². The van der Waals surface area contributed by atoms with Crippen LogP contribution in [0, 0.1) is 0 Å². The molecule has 4 rings (SSSR count). The number of hydrogen-bond donors (Lipinski definition) is 1. The van der Waals surface area contributed by atoms with E-state index in [9.17, 15) is 9.90 Å². The fourth-order valence-electron chi connectivity index (χ4n) is 4.13. The summed E-state index contributed by atoms with van der Waals surface area (Å²) >= 11 is 0. The molecule has 0 aliphatic heterocycles. The fraction of sp³-hybridized carbons (Fsp3) is 0.182. The van der Waals surface area contributed by atoms with Crippen LogP contribution in [0.3, 0.4) is 0 Å². The van der Waals surface area contributed by atoms with E-state index in [2.05, 4.69) is 6.58 Å². The minimum atomic E-state index is -0.217. The average Bonchev–Trinajstić information content (AvgIpc) is 2.95. The van der Waals surface area contributed by atoms with Gasteiger partial charge in [0.25, 0.3) is 5.91 Å². The number of allylic oxidation sites excluding steroid dienone is 1. The van der Waals surface area contributed by atoms with E-state index in [1.807, 2.05) is 104 Å². The molecule has 1 amide bonds. The van der Waals surface area contributed by atoms with E-state index >= 15 is 0 Å². The van der Waals surface area contributed by atoms with Crippen LogP contribution in [0.25, 0.3) is 5.57 Å². The number of carbonyl (C=O) groups is 1. The molecule has 0 unspecified atom stereocenters. The maximum atomic E-state index is 14.0. The van der Waals surface area contributed by atoms with Gasteiger partial charge < -0.3 is 19.5 Å². The standard InChI is InChI=1S/C33H33NO4/c1-24(2)29-18-19-30(37-22-27-10-6-4-7-11-27)31(32(29)38-23-28-12-8-5-9-13-28)33(36)34(3)20-25-14-16-26(21-35)17-15-25/h4-19,35H,1,20-23H2,2-3H3. The van der Waals surface area contributed by atoms with Crippen LogP contribution < -0.4 is 9.47 Å². The molecule has 0 fully saturated rings. The number of benzene rings is 4. The van der Waals surface area contributed by atoms with E-state index in [-0.39, 0.29) is 12.5 Å². The van der Waals surface area contributed by atoms with Gasteiger partial charge in [-0.1, -0.05) is 91.5 Å². The lowest BCUT2D eigenvalue weighted by atomic mass is 10.0. The SMILES string of the molecule is C=C(C)c1ccc(OCc2ccccc2)c(C(=O)N(C)Cc2ccc(CO)cc2)c1OCc1ccccc1. The van der Waals surface area contributed by atoms with Gasteiger partial charge in [0.2, 0.25) is 0 Å². The van der Waals surface area contributed by atoms with Crippen LogP contribution in [0.1, 0.15) is 45.1 Å². The molecule has 0 atom stereocenters. The van der Waals surface area contributed by atoms with E-state index < -0.39 is 0 Å². The first kappa shape index (κ1) is 26.7. The molecule has 0 saturated heterocycles. The van der Waals surface area contributed by atoms with E-state index in [0.29, 0.717) is 36.8 Å². The van der Waals surface area contributed by atoms with Gasteiger partial charge in [-0.05, 0) is 46.9 Å². The molecule has 0 saturated carbocycles. The Hall–Kier alpha value is -4.35. The number of hydrogen-bond acceptors (Lipinski definition) is 4. The highest BCUT2D eigenvalue weighted by Crippen LogP contribution is 2.38. The molecule has 1 N–H and O–H groups in total. The van der Waals surface area contributed by atoms with Crippen molar-refractivity contribution in [2.45, 2.75) is 33.3 Å². The molecule has 0 radical (unpaired) electrons. The van der Waals surface area contributed by atoms with E-state index in [4.69, 9.17) is 9.47 Å². The Kier molecular flexibility index (Phi) is 8.96. The van der Waals surface area contributed by atoms with Crippen LogP contribution >= 0.6 is 0 Å². The zero-order valence-electron chi connectivity index (χ0n) is 21.9. The minimum absolute atomic E-state index is 0.0209. The number of ether oxygens (including phenoxy) is 2. The molecule has 0 spiro atoms. The summed E-state index contributed by atoms with van der Waals surface area (Å²) in [5, 5.41) is 9.35. The highest BCUT2D eigenvalue weighted by atomic mass is 16.5. The summed E-state index contributed by atoms with van der Waals surface area (Å²) in [6.45, 7) is 7.01. The number of aliphatic hydroxyl groups is 1. The number of nitrogens with zero attached hydrogens (tertiary/aromatic N) is 1. The Balaban J connectivity index is 1.70. The smallest absolute Gasteiger partial charge is 0.261 e. The van der Waals surface area contributed by atoms with Crippen LogP contribution in [0.5, 0.6) is 11.5 Å². The van der Waals surface area contributed by atoms with Gasteiger partial charge in [0.05, 0.1) is 6.61 Å². The second-order valence-electron chi connectivity index (χ2n) is 9.28. The van der Waals surface area contributed by atoms with Crippen molar-refractivity contribution >= 4 is 11.5 Å². The number of amides is 1. The van der Waals surface area contributed by atoms with Crippen molar-refractivity contribution in [1.29, 1.82) is 0 Å². The summed E-state index contributed by atoms with van der Waals surface area (Å²) in [7, 11) is 1.76. The highest BCUT2D eigenvalue weighted by Gasteiger charge is 2.26. The molecular formula is C33H33NO4. The zero-order valence-corrected chi connectivity index (χ0v) is 21.9. The third-order valence-electron chi connectivity index (χ3n) is 6.23. The third-order valence-corrected chi connectivity index (χ3v) is 6.23. The lowest BCUT2D eigenvalue weighted by Crippen LogP contribution is -2.27. The first-order chi connectivity index (χ1) is 18.5. The highest BCUT2D eigenvalue weighted by molar-refractivity contribution is 6.01. The average molecular weight is 508 g/mol. The molecule has 0 aromatic heterocycles. The second kappa shape index (κ2) is 12.7. The first-order valence-corrected chi connectivity index (χ1v) is 12.6. The Morgan fingerprint density at radius 3 is 1.87 bits per heavy atom. The van der Waals surface area contributed by atoms with Gasteiger partial charge >= 0.3 is 0 Å². The monoisotopic (exact) mass is 507 g/mol. The van der Waals surface area contributed by atoms with E-state index in [0.717, 1.165) is 33.4 Å². The number of rotatable bonds is 11. The second-order valence-corrected chi connectivity index (χ2v) is 9.28. The van der Waals surface area contributed by atoms with E-state index in [1.54, 1.807) is 11.9 Å². The zero-order chi connectivity index (χ0) is 26.9. The van der Waals surface area contributed by atoms with Gasteiger partial charge in [0.15, 0.2) is 0 Å². The Morgan fingerprint density at radius 1 is 0.763 bits per heavy atom. The summed E-state index contributed by atoms with van der Waals surface area (Å²) in [5.74, 6) is 0.694. The molecule has 5 nitrogen and oxygen atoms in total. The topological polar surface area (TPSA) is 59.0 Å². The summed E-state index contributed by atoms with van der Waals surface area (Å²) in [6, 6.07) is 31.0. The van der Waals surface area contributed by atoms with Gasteiger partial charge in [-0.2, -0.15) is 0 Å². The molecule has 4 aromatic rings. The normalized spacial score (nSPS) is 10.6. The molecule has 38 heavy (non-hydrogen) atoms. The maximum absolute atomic E-state index is 14.0. The van der Waals surface area contributed by atoms with Crippen molar-refractivity contribution in [2.24, 2.45) is 0 Å². The maximum Gasteiger partial charge on any atom is 0.261 e. The Labute approximate surface area is 224 Å². The lowest BCUT2D eigenvalue weighted by molar-refractivity contribution is 0.0774. The van der Waals surface area contributed by atoms with Crippen molar-refractivity contribution in [3.05, 3.63) is 137 Å². The van der Waals surface area contributed by atoms with Crippen LogP contribution in [0.15, 0.2) is 104 Å². The van der Waals surface area contributed by atoms with Gasteiger partial charge in [0.1, 0.15) is 30.3 Å². The molecule has 5 heteroatoms. The van der Waals surface area contributed by atoms with E-state index in [1.165, 1.54) is 0 Å². The number of carbonyl (C=O) groups excluding carboxylic acids is 1. The van der Waals surface area contributed by atoms with Gasteiger partial charge in [0, 0.05) is 19.2 Å². The molecule has 0 heterocycles. The molecule has 194 valence electrons. The summed E-state index contributed by atoms with van der Waals surface area (Å²) in [6.07, 6.45) is 0. The number of aliphatic hydroxyl groups excluding tert-OH is 1. The summed E-state index contributed by atoms with van der Waals surface area (Å²) < 4.78 is 12.6. The van der Waals surface area contributed by atoms with Crippen LogP contribution in [0.4, 0.5) is 0 Å². The van der Waals surface area contributed by atoms with Gasteiger partial charge in [-0.3, -0.25) is 4.79 Å². The quantitative estimate of drug-likeness (QED) is 0.247. The molecule has 0 aliphatic rings. The Bertz CT molecular complexity index is 1370. The van der Waals surface area contributed by atoms with Crippen LogP contribution in [0.2, 0.25) is 0 Å². The van der Waals surface area contributed by atoms with Crippen molar-refractivity contribution in [3.63, 3.8) is 0 Å². The lowest BCUT2D eigenvalue weighted by Gasteiger charge is -2.24. The van der Waals surface area contributed by atoms with Crippen molar-refractivity contribution in [3.8, 4) is 11.5 Å². The molecular weight excluding hydrogens is 474 g/mol. The third kappa shape index (κ3) is 6.69. The predicted octanol–water partition coefficient (Wildman–Crippen LogP) is 6.64. The fourth-order valence-corrected chi connectivity index (χ4v) is 4.13. The van der Waals surface area contributed by atoms with Crippen molar-refractivity contribution in [1.82, 2.24) is 4.90 Å². The molecule has 4 aromatic carbocycles. The summed E-state index contributed by atoms with van der Waals surface area (Å²) in [4.78, 5) is 15.7. The van der Waals surface area contributed by atoms with Crippen LogP contribution in [-0.2, 0) is 26.4 Å². The van der Waals surface area contributed by atoms with Gasteiger partial charge in [-0.25, -0.2) is 0 Å². The molecule has 0 bridgehead atoms. The summed E-state index contributed by atoms with van der Waals surface area (Å²) in [5.41, 5.74) is 5.69. The minimum Gasteiger partial charge on any atom is -0.488 e. The predicted molar refractivity (Wildman–Crippen MR) is 151 cm³/mol. The Morgan fingerprint density at radius 2 is 1.32 bits per heavy atom.